The second-order valence-electron chi connectivity index (χ2n) is 4.63. The standard InChI is InChI=1S/C11H21N3O2/c1-7(2)9(5-12)11(16)13-6-8-3-4-10(15)14-8/h7-9H,3-6,12H2,1-2H3,(H,13,16)(H,14,15). The number of hydrogen-bond acceptors (Lipinski definition) is 3. The molecular weight excluding hydrogens is 206 g/mol. The first-order chi connectivity index (χ1) is 7.54. The summed E-state index contributed by atoms with van der Waals surface area (Å²) in [4.78, 5) is 22.7. The first-order valence-corrected chi connectivity index (χ1v) is 5.81. The van der Waals surface area contributed by atoms with E-state index in [0.29, 0.717) is 19.5 Å². The minimum Gasteiger partial charge on any atom is -0.354 e. The highest BCUT2D eigenvalue weighted by Gasteiger charge is 2.24. The van der Waals surface area contributed by atoms with Crippen molar-refractivity contribution in [1.82, 2.24) is 10.6 Å². The number of carbonyl (C=O) groups excluding carboxylic acids is 2. The number of nitrogens with one attached hydrogen (secondary N) is 2. The lowest BCUT2D eigenvalue weighted by molar-refractivity contribution is -0.126. The van der Waals surface area contributed by atoms with Gasteiger partial charge in [-0.15, -0.1) is 0 Å². The summed E-state index contributed by atoms with van der Waals surface area (Å²) in [6.45, 7) is 4.83. The van der Waals surface area contributed by atoms with Crippen LogP contribution >= 0.6 is 0 Å². The number of hydrogen-bond donors (Lipinski definition) is 3. The predicted octanol–water partition coefficient (Wildman–Crippen LogP) is -0.388. The molecule has 0 saturated carbocycles. The van der Waals surface area contributed by atoms with Crippen molar-refractivity contribution in [3.05, 3.63) is 0 Å². The molecule has 1 saturated heterocycles. The highest BCUT2D eigenvalue weighted by molar-refractivity contribution is 5.80. The third-order valence-corrected chi connectivity index (χ3v) is 3.00. The van der Waals surface area contributed by atoms with E-state index in [4.69, 9.17) is 5.73 Å². The van der Waals surface area contributed by atoms with Crippen molar-refractivity contribution in [3.8, 4) is 0 Å². The molecule has 2 unspecified atom stereocenters. The van der Waals surface area contributed by atoms with Crippen LogP contribution in [0.4, 0.5) is 0 Å². The number of nitrogens with two attached hydrogens (primary N) is 1. The first kappa shape index (κ1) is 13.0. The summed E-state index contributed by atoms with van der Waals surface area (Å²) in [5, 5.41) is 5.65. The zero-order valence-electron chi connectivity index (χ0n) is 9.95. The van der Waals surface area contributed by atoms with Gasteiger partial charge in [0.05, 0.1) is 5.92 Å². The third-order valence-electron chi connectivity index (χ3n) is 3.00. The largest absolute Gasteiger partial charge is 0.354 e. The van der Waals surface area contributed by atoms with Crippen molar-refractivity contribution in [2.45, 2.75) is 32.7 Å². The van der Waals surface area contributed by atoms with Gasteiger partial charge in [0.15, 0.2) is 0 Å². The molecule has 4 N–H and O–H groups in total. The van der Waals surface area contributed by atoms with Gasteiger partial charge in [-0.05, 0) is 12.3 Å². The molecule has 0 aromatic heterocycles. The summed E-state index contributed by atoms with van der Waals surface area (Å²) in [6, 6.07) is 0.0852. The Morgan fingerprint density at radius 3 is 2.75 bits per heavy atom. The van der Waals surface area contributed by atoms with E-state index in [-0.39, 0.29) is 29.7 Å². The SMILES string of the molecule is CC(C)C(CN)C(=O)NCC1CCC(=O)N1. The average Bonchev–Trinajstić information content (AvgIpc) is 2.62. The van der Waals surface area contributed by atoms with Gasteiger partial charge in [-0.25, -0.2) is 0 Å². The number of carbonyl (C=O) groups is 2. The molecule has 16 heavy (non-hydrogen) atoms. The molecule has 2 atom stereocenters. The zero-order chi connectivity index (χ0) is 12.1. The van der Waals surface area contributed by atoms with Crippen LogP contribution in [-0.2, 0) is 9.59 Å². The normalized spacial score (nSPS) is 22.0. The topological polar surface area (TPSA) is 84.2 Å². The number of amides is 2. The lowest BCUT2D eigenvalue weighted by atomic mass is 9.95. The van der Waals surface area contributed by atoms with Gasteiger partial charge in [-0.2, -0.15) is 0 Å². The Kier molecular flexibility index (Phi) is 4.73. The molecule has 1 fully saturated rings. The minimum atomic E-state index is -0.142. The molecule has 1 heterocycles. The van der Waals surface area contributed by atoms with E-state index >= 15 is 0 Å². The Morgan fingerprint density at radius 1 is 1.62 bits per heavy atom. The van der Waals surface area contributed by atoms with Crippen LogP contribution in [0.2, 0.25) is 0 Å². The lowest BCUT2D eigenvalue weighted by Crippen LogP contribution is -2.43. The fourth-order valence-corrected chi connectivity index (χ4v) is 1.87. The maximum Gasteiger partial charge on any atom is 0.224 e. The van der Waals surface area contributed by atoms with Crippen molar-refractivity contribution < 1.29 is 9.59 Å². The molecule has 92 valence electrons. The van der Waals surface area contributed by atoms with Crippen molar-refractivity contribution in [3.63, 3.8) is 0 Å². The molecule has 0 radical (unpaired) electrons. The molecule has 2 amide bonds. The Balaban J connectivity index is 2.31. The molecular formula is C11H21N3O2. The highest BCUT2D eigenvalue weighted by Crippen LogP contribution is 2.10. The Hall–Kier alpha value is -1.10. The summed E-state index contributed by atoms with van der Waals surface area (Å²) < 4.78 is 0. The second kappa shape index (κ2) is 5.84. The summed E-state index contributed by atoms with van der Waals surface area (Å²) in [5.74, 6) is 0.150. The molecule has 1 aliphatic heterocycles. The molecule has 1 aliphatic rings. The Labute approximate surface area is 96.1 Å². The van der Waals surface area contributed by atoms with Gasteiger partial charge in [0, 0.05) is 25.6 Å². The van der Waals surface area contributed by atoms with Gasteiger partial charge in [0.2, 0.25) is 11.8 Å². The van der Waals surface area contributed by atoms with Crippen LogP contribution in [0.15, 0.2) is 0 Å². The fraction of sp³-hybridized carbons (Fsp3) is 0.818. The monoisotopic (exact) mass is 227 g/mol. The molecule has 5 heteroatoms. The van der Waals surface area contributed by atoms with Gasteiger partial charge in [-0.3, -0.25) is 9.59 Å². The fourth-order valence-electron chi connectivity index (χ4n) is 1.87. The molecule has 1 rings (SSSR count). The van der Waals surface area contributed by atoms with E-state index in [1.165, 1.54) is 0 Å². The van der Waals surface area contributed by atoms with Crippen molar-refractivity contribution in [2.75, 3.05) is 13.1 Å². The quantitative estimate of drug-likeness (QED) is 0.598. The van der Waals surface area contributed by atoms with Crippen LogP contribution in [0.3, 0.4) is 0 Å². The summed E-state index contributed by atoms with van der Waals surface area (Å²) in [5.41, 5.74) is 5.55. The second-order valence-corrected chi connectivity index (χ2v) is 4.63. The number of rotatable bonds is 5. The van der Waals surface area contributed by atoms with Crippen LogP contribution in [-0.4, -0.2) is 30.9 Å². The van der Waals surface area contributed by atoms with Gasteiger partial charge in [0.1, 0.15) is 0 Å². The first-order valence-electron chi connectivity index (χ1n) is 5.81. The van der Waals surface area contributed by atoms with E-state index in [0.717, 1.165) is 6.42 Å². The maximum absolute atomic E-state index is 11.8. The van der Waals surface area contributed by atoms with Crippen LogP contribution in [0.5, 0.6) is 0 Å². The molecule has 0 aromatic carbocycles. The Morgan fingerprint density at radius 2 is 2.31 bits per heavy atom. The summed E-state index contributed by atoms with van der Waals surface area (Å²) in [6.07, 6.45) is 1.36. The molecule has 0 bridgehead atoms. The third kappa shape index (κ3) is 3.48. The zero-order valence-corrected chi connectivity index (χ0v) is 9.95. The van der Waals surface area contributed by atoms with E-state index in [9.17, 15) is 9.59 Å². The van der Waals surface area contributed by atoms with E-state index in [1.54, 1.807) is 0 Å². The summed E-state index contributed by atoms with van der Waals surface area (Å²) in [7, 11) is 0. The average molecular weight is 227 g/mol. The van der Waals surface area contributed by atoms with Crippen LogP contribution < -0.4 is 16.4 Å². The highest BCUT2D eigenvalue weighted by atomic mass is 16.2. The van der Waals surface area contributed by atoms with Gasteiger partial charge in [0.25, 0.3) is 0 Å². The van der Waals surface area contributed by atoms with E-state index in [2.05, 4.69) is 10.6 Å². The van der Waals surface area contributed by atoms with Gasteiger partial charge in [-0.1, -0.05) is 13.8 Å². The molecule has 0 aliphatic carbocycles. The van der Waals surface area contributed by atoms with Crippen LogP contribution in [0.25, 0.3) is 0 Å². The molecule has 0 aromatic rings. The Bertz CT molecular complexity index is 266. The van der Waals surface area contributed by atoms with Crippen molar-refractivity contribution >= 4 is 11.8 Å². The maximum atomic E-state index is 11.8. The van der Waals surface area contributed by atoms with Crippen molar-refractivity contribution in [1.29, 1.82) is 0 Å². The van der Waals surface area contributed by atoms with Crippen LogP contribution in [0.1, 0.15) is 26.7 Å². The minimum absolute atomic E-state index is 0.0151. The van der Waals surface area contributed by atoms with Gasteiger partial charge < -0.3 is 16.4 Å². The molecule has 0 spiro atoms. The van der Waals surface area contributed by atoms with E-state index in [1.807, 2.05) is 13.8 Å². The van der Waals surface area contributed by atoms with Crippen molar-refractivity contribution in [2.24, 2.45) is 17.6 Å². The van der Waals surface area contributed by atoms with Gasteiger partial charge >= 0.3 is 0 Å². The summed E-state index contributed by atoms with van der Waals surface area (Å²) >= 11 is 0. The predicted molar refractivity (Wildman–Crippen MR) is 61.6 cm³/mol. The smallest absolute Gasteiger partial charge is 0.224 e. The van der Waals surface area contributed by atoms with E-state index < -0.39 is 0 Å². The molecule has 5 nitrogen and oxygen atoms in total. The lowest BCUT2D eigenvalue weighted by Gasteiger charge is -2.19. The van der Waals surface area contributed by atoms with Crippen LogP contribution in [0, 0.1) is 11.8 Å².